The van der Waals surface area contributed by atoms with Gasteiger partial charge in [-0.3, -0.25) is 4.79 Å². The molecule has 1 aliphatic carbocycles. The van der Waals surface area contributed by atoms with Crippen LogP contribution in [0.2, 0.25) is 0 Å². The van der Waals surface area contributed by atoms with Crippen molar-refractivity contribution in [3.8, 4) is 0 Å². The van der Waals surface area contributed by atoms with Crippen molar-refractivity contribution in [1.29, 1.82) is 0 Å². The van der Waals surface area contributed by atoms with Crippen molar-refractivity contribution in [2.75, 3.05) is 36.5 Å². The van der Waals surface area contributed by atoms with Crippen molar-refractivity contribution < 1.29 is 4.79 Å². The number of anilines is 2. The zero-order valence-corrected chi connectivity index (χ0v) is 13.2. The van der Waals surface area contributed by atoms with Gasteiger partial charge in [0.25, 0.3) is 0 Å². The molecule has 1 amide bonds. The zero-order chi connectivity index (χ0) is 15.1. The van der Waals surface area contributed by atoms with Crippen molar-refractivity contribution in [2.24, 2.45) is 0 Å². The minimum absolute atomic E-state index is 0.220. The summed E-state index contributed by atoms with van der Waals surface area (Å²) in [6.45, 7) is 3.20. The Kier molecular flexibility index (Phi) is 3.39. The monoisotopic (exact) mass is 301 g/mol. The van der Waals surface area contributed by atoms with E-state index in [0.29, 0.717) is 19.1 Å². The van der Waals surface area contributed by atoms with E-state index in [9.17, 15) is 4.79 Å². The van der Waals surface area contributed by atoms with E-state index in [1.165, 1.54) is 19.3 Å². The van der Waals surface area contributed by atoms with Crippen LogP contribution in [0, 0.1) is 0 Å². The highest BCUT2D eigenvalue weighted by Crippen LogP contribution is 2.34. The molecule has 3 aliphatic rings. The fourth-order valence-corrected chi connectivity index (χ4v) is 3.72. The lowest BCUT2D eigenvalue weighted by atomic mass is 9.91. The molecule has 118 valence electrons. The van der Waals surface area contributed by atoms with Gasteiger partial charge in [-0.1, -0.05) is 0 Å². The summed E-state index contributed by atoms with van der Waals surface area (Å²) >= 11 is 0. The van der Waals surface area contributed by atoms with Gasteiger partial charge >= 0.3 is 0 Å². The summed E-state index contributed by atoms with van der Waals surface area (Å²) in [6.07, 6.45) is 7.60. The summed E-state index contributed by atoms with van der Waals surface area (Å²) in [5.74, 6) is 2.18. The smallest absolute Gasteiger partial charge is 0.242 e. The Labute approximate surface area is 131 Å². The van der Waals surface area contributed by atoms with Crippen LogP contribution in [0.5, 0.6) is 0 Å². The number of nitrogens with zero attached hydrogens (tertiary/aromatic N) is 5. The summed E-state index contributed by atoms with van der Waals surface area (Å²) in [4.78, 5) is 28.0. The third-order valence-corrected chi connectivity index (χ3v) is 5.20. The average molecular weight is 301 g/mol. The van der Waals surface area contributed by atoms with E-state index in [4.69, 9.17) is 0 Å². The predicted octanol–water partition coefficient (Wildman–Crippen LogP) is 1.41. The quantitative estimate of drug-likeness (QED) is 0.826. The Balaban J connectivity index is 1.73. The number of likely N-dealkylation sites (N-methyl/N-ethyl adjacent to an activating group) is 1. The largest absolute Gasteiger partial charge is 0.356 e. The Morgan fingerprint density at radius 3 is 2.45 bits per heavy atom. The van der Waals surface area contributed by atoms with Gasteiger partial charge in [0.15, 0.2) is 0 Å². The minimum Gasteiger partial charge on any atom is -0.356 e. The van der Waals surface area contributed by atoms with Gasteiger partial charge in [0.05, 0.1) is 18.7 Å². The molecule has 0 N–H and O–H groups in total. The van der Waals surface area contributed by atoms with Gasteiger partial charge in [0.2, 0.25) is 5.91 Å². The van der Waals surface area contributed by atoms with Crippen LogP contribution in [0.3, 0.4) is 0 Å². The van der Waals surface area contributed by atoms with Gasteiger partial charge in [-0.15, -0.1) is 0 Å². The number of rotatable bonds is 2. The van der Waals surface area contributed by atoms with E-state index >= 15 is 0 Å². The Bertz CT molecular complexity index is 580. The number of carbonyl (C=O) groups excluding carboxylic acids is 1. The van der Waals surface area contributed by atoms with Crippen LogP contribution in [0.1, 0.15) is 37.7 Å². The summed E-state index contributed by atoms with van der Waals surface area (Å²) in [5, 5.41) is 0. The first-order valence-corrected chi connectivity index (χ1v) is 8.33. The zero-order valence-electron chi connectivity index (χ0n) is 13.2. The molecule has 22 heavy (non-hydrogen) atoms. The molecular weight excluding hydrogens is 278 g/mol. The van der Waals surface area contributed by atoms with Gasteiger partial charge in [0, 0.05) is 26.2 Å². The van der Waals surface area contributed by atoms with Gasteiger partial charge in [-0.25, -0.2) is 9.97 Å². The molecule has 0 unspecified atom stereocenters. The second-order valence-electron chi connectivity index (χ2n) is 6.66. The number of carbonyl (C=O) groups is 1. The Hall–Kier alpha value is -1.85. The van der Waals surface area contributed by atoms with E-state index in [1.54, 1.807) is 6.33 Å². The van der Waals surface area contributed by atoms with Gasteiger partial charge in [0.1, 0.15) is 18.0 Å². The maximum absolute atomic E-state index is 12.6. The molecule has 0 radical (unpaired) electrons. The molecule has 1 saturated heterocycles. The number of hydrogen-bond donors (Lipinski definition) is 0. The van der Waals surface area contributed by atoms with Crippen molar-refractivity contribution in [3.05, 3.63) is 11.9 Å². The fraction of sp³-hybridized carbons (Fsp3) is 0.688. The number of aromatic nitrogens is 2. The van der Waals surface area contributed by atoms with Crippen molar-refractivity contribution in [1.82, 2.24) is 14.9 Å². The standard InChI is InChI=1S/C16H23N5O/c1-19-10-14(22)21(12-5-4-6-12)9-13-15(19)17-11-18-16(13)20-7-2-3-8-20/h11-12H,2-10H2,1H3. The molecule has 2 aliphatic heterocycles. The average Bonchev–Trinajstić information content (AvgIpc) is 2.94. The molecule has 1 aromatic rings. The first-order chi connectivity index (χ1) is 10.7. The Morgan fingerprint density at radius 1 is 1.05 bits per heavy atom. The molecule has 1 saturated carbocycles. The summed E-state index contributed by atoms with van der Waals surface area (Å²) in [5.41, 5.74) is 1.13. The molecule has 6 heteroatoms. The molecule has 4 rings (SSSR count). The van der Waals surface area contributed by atoms with E-state index in [-0.39, 0.29) is 5.91 Å². The molecule has 2 fully saturated rings. The van der Waals surface area contributed by atoms with E-state index in [1.807, 2.05) is 11.9 Å². The van der Waals surface area contributed by atoms with Crippen molar-refractivity contribution >= 4 is 17.5 Å². The summed E-state index contributed by atoms with van der Waals surface area (Å²) in [6, 6.07) is 0.415. The molecule has 1 aromatic heterocycles. The lowest BCUT2D eigenvalue weighted by Crippen LogP contribution is -2.45. The normalized spacial score (nSPS) is 22.6. The third-order valence-electron chi connectivity index (χ3n) is 5.20. The first kappa shape index (κ1) is 13.8. The Morgan fingerprint density at radius 2 is 1.77 bits per heavy atom. The maximum atomic E-state index is 12.6. The summed E-state index contributed by atoms with van der Waals surface area (Å²) in [7, 11) is 1.96. The van der Waals surface area contributed by atoms with Crippen LogP contribution in [0.4, 0.5) is 11.6 Å². The molecule has 0 atom stereocenters. The van der Waals surface area contributed by atoms with Crippen LogP contribution < -0.4 is 9.80 Å². The van der Waals surface area contributed by atoms with Crippen LogP contribution in [0.15, 0.2) is 6.33 Å². The number of fused-ring (bicyclic) bond motifs is 1. The lowest BCUT2D eigenvalue weighted by molar-refractivity contribution is -0.134. The molecular formula is C16H23N5O. The topological polar surface area (TPSA) is 52.6 Å². The van der Waals surface area contributed by atoms with E-state index in [0.717, 1.165) is 43.1 Å². The molecule has 6 nitrogen and oxygen atoms in total. The molecule has 3 heterocycles. The lowest BCUT2D eigenvalue weighted by Gasteiger charge is -2.37. The predicted molar refractivity (Wildman–Crippen MR) is 84.9 cm³/mol. The third kappa shape index (κ3) is 2.21. The van der Waals surface area contributed by atoms with Crippen LogP contribution in [0.25, 0.3) is 0 Å². The van der Waals surface area contributed by atoms with Crippen LogP contribution in [-0.4, -0.2) is 53.5 Å². The number of hydrogen-bond acceptors (Lipinski definition) is 5. The SMILES string of the molecule is CN1CC(=O)N(C2CCC2)Cc2c1ncnc2N1CCCC1. The molecule has 0 bridgehead atoms. The summed E-state index contributed by atoms with van der Waals surface area (Å²) < 4.78 is 0. The molecule has 0 spiro atoms. The number of amides is 1. The highest BCUT2D eigenvalue weighted by Gasteiger charge is 2.34. The van der Waals surface area contributed by atoms with Crippen LogP contribution in [-0.2, 0) is 11.3 Å². The van der Waals surface area contributed by atoms with Gasteiger partial charge in [-0.05, 0) is 32.1 Å². The van der Waals surface area contributed by atoms with Crippen LogP contribution >= 0.6 is 0 Å². The minimum atomic E-state index is 0.220. The second kappa shape index (κ2) is 5.41. The van der Waals surface area contributed by atoms with Crippen molar-refractivity contribution in [2.45, 2.75) is 44.7 Å². The highest BCUT2D eigenvalue weighted by molar-refractivity contribution is 5.84. The highest BCUT2D eigenvalue weighted by atomic mass is 16.2. The fourth-order valence-electron chi connectivity index (χ4n) is 3.72. The van der Waals surface area contributed by atoms with E-state index in [2.05, 4.69) is 19.8 Å². The van der Waals surface area contributed by atoms with Crippen molar-refractivity contribution in [3.63, 3.8) is 0 Å². The maximum Gasteiger partial charge on any atom is 0.242 e. The second-order valence-corrected chi connectivity index (χ2v) is 6.66. The first-order valence-electron chi connectivity index (χ1n) is 8.33. The van der Waals surface area contributed by atoms with Gasteiger partial charge in [-0.2, -0.15) is 0 Å². The molecule has 0 aromatic carbocycles. The van der Waals surface area contributed by atoms with Gasteiger partial charge < -0.3 is 14.7 Å². The van der Waals surface area contributed by atoms with E-state index < -0.39 is 0 Å².